The number of carbonyl (C=O) groups excluding carboxylic acids is 2. The maximum Gasteiger partial charge on any atom is 0.410 e. The van der Waals surface area contributed by atoms with Gasteiger partial charge < -0.3 is 24.7 Å². The van der Waals surface area contributed by atoms with Gasteiger partial charge in [0.1, 0.15) is 5.60 Å². The number of aliphatic carboxylic acids is 1. The fourth-order valence-electron chi connectivity index (χ4n) is 3.32. The summed E-state index contributed by atoms with van der Waals surface area (Å²) in [6, 6.07) is -2.41. The summed E-state index contributed by atoms with van der Waals surface area (Å²) in [6.07, 6.45) is 0.0563. The highest BCUT2D eigenvalue weighted by atomic mass is 16.6. The van der Waals surface area contributed by atoms with Gasteiger partial charge in [-0.05, 0) is 54.4 Å². The zero-order valence-corrected chi connectivity index (χ0v) is 15.8. The van der Waals surface area contributed by atoms with Crippen molar-refractivity contribution in [3.8, 4) is 0 Å². The molecule has 2 amide bonds. The van der Waals surface area contributed by atoms with Crippen LogP contribution in [0.1, 0.15) is 54.4 Å². The van der Waals surface area contributed by atoms with Gasteiger partial charge in [-0.1, -0.05) is 0 Å². The number of ether oxygens (including phenoxy) is 1. The summed E-state index contributed by atoms with van der Waals surface area (Å²) < 4.78 is 5.46. The van der Waals surface area contributed by atoms with E-state index in [9.17, 15) is 24.6 Å². The lowest BCUT2D eigenvalue weighted by Gasteiger charge is -2.40. The number of rotatable bonds is 6. The third-order valence-electron chi connectivity index (χ3n) is 4.50. The van der Waals surface area contributed by atoms with E-state index in [1.165, 1.54) is 6.92 Å². The lowest BCUT2D eigenvalue weighted by molar-refractivity contribution is -0.153. The van der Waals surface area contributed by atoms with Crippen LogP contribution >= 0.6 is 0 Å². The van der Waals surface area contributed by atoms with Crippen molar-refractivity contribution in [3.63, 3.8) is 0 Å². The van der Waals surface area contributed by atoms with Crippen LogP contribution in [0.3, 0.4) is 0 Å². The smallest absolute Gasteiger partial charge is 0.410 e. The number of carboxylic acids is 1. The van der Waals surface area contributed by atoms with E-state index in [0.717, 1.165) is 11.3 Å². The number of aliphatic hydroxyl groups is 1. The summed E-state index contributed by atoms with van der Waals surface area (Å²) in [5.74, 6) is -1.29. The molecule has 0 aromatic rings. The molecule has 5 atom stereocenters. The van der Waals surface area contributed by atoms with Crippen molar-refractivity contribution in [2.75, 3.05) is 0 Å². The normalized spacial score (nSPS) is 24.4. The van der Waals surface area contributed by atoms with Gasteiger partial charge in [-0.3, -0.25) is 4.79 Å². The highest BCUT2D eigenvalue weighted by molar-refractivity contribution is 5.77. The summed E-state index contributed by atoms with van der Waals surface area (Å²) in [6.45, 7) is 10.2. The van der Waals surface area contributed by atoms with Gasteiger partial charge in [0, 0.05) is 6.04 Å². The van der Waals surface area contributed by atoms with E-state index in [2.05, 4.69) is 0 Å². The number of amides is 2. The Morgan fingerprint density at radius 2 is 1.84 bits per heavy atom. The summed E-state index contributed by atoms with van der Waals surface area (Å²) in [5.41, 5.74) is -0.652. The molecule has 0 spiro atoms. The van der Waals surface area contributed by atoms with Crippen LogP contribution in [0.15, 0.2) is 0 Å². The van der Waals surface area contributed by atoms with Crippen LogP contribution in [-0.2, 0) is 14.3 Å². The predicted molar refractivity (Wildman–Crippen MR) is 91.0 cm³/mol. The average Bonchev–Trinajstić information content (AvgIpc) is 2.82. The number of likely N-dealkylation sites (tertiary alicyclic amines) is 1. The van der Waals surface area contributed by atoms with Crippen LogP contribution in [0.25, 0.3) is 0 Å². The SMILES string of the molecule is CC1CCC(C(C)N(C=O)[C@H](C(=O)O)[C@@H](C)O)N1C(=O)OC(C)(C)C. The van der Waals surface area contributed by atoms with Gasteiger partial charge in [-0.25, -0.2) is 9.59 Å². The van der Waals surface area contributed by atoms with Crippen LogP contribution in [0.5, 0.6) is 0 Å². The van der Waals surface area contributed by atoms with E-state index in [-0.39, 0.29) is 12.1 Å². The molecule has 1 heterocycles. The number of aliphatic hydroxyl groups excluding tert-OH is 1. The Labute approximate surface area is 148 Å². The Morgan fingerprint density at radius 3 is 2.24 bits per heavy atom. The molecule has 0 bridgehead atoms. The minimum Gasteiger partial charge on any atom is -0.480 e. The second-order valence-corrected chi connectivity index (χ2v) is 7.70. The monoisotopic (exact) mass is 358 g/mol. The molecule has 0 saturated carbocycles. The fourth-order valence-corrected chi connectivity index (χ4v) is 3.32. The van der Waals surface area contributed by atoms with Crippen LogP contribution in [0.2, 0.25) is 0 Å². The van der Waals surface area contributed by atoms with Gasteiger partial charge in [0.2, 0.25) is 6.41 Å². The zero-order chi connectivity index (χ0) is 19.5. The van der Waals surface area contributed by atoms with Gasteiger partial charge in [-0.15, -0.1) is 0 Å². The summed E-state index contributed by atoms with van der Waals surface area (Å²) >= 11 is 0. The van der Waals surface area contributed by atoms with E-state index in [1.807, 2.05) is 6.92 Å². The molecular formula is C17H30N2O6. The molecule has 3 unspecified atom stereocenters. The molecule has 1 aliphatic heterocycles. The Bertz CT molecular complexity index is 502. The number of nitrogens with zero attached hydrogens (tertiary/aromatic N) is 2. The minimum absolute atomic E-state index is 0.0781. The van der Waals surface area contributed by atoms with Crippen LogP contribution < -0.4 is 0 Å². The maximum absolute atomic E-state index is 12.6. The standard InChI is InChI=1S/C17H30N2O6/c1-10-7-8-13(19(10)16(24)25-17(4,5)6)11(2)18(9-20)14(12(3)21)15(22)23/h9-14,21H,7-8H2,1-6H3,(H,22,23)/t10?,11?,12-,13?,14+/m1/s1. The van der Waals surface area contributed by atoms with Crippen LogP contribution in [-0.4, -0.2) is 74.4 Å². The Morgan fingerprint density at radius 1 is 1.28 bits per heavy atom. The van der Waals surface area contributed by atoms with Crippen molar-refractivity contribution in [2.24, 2.45) is 0 Å². The fraction of sp³-hybridized carbons (Fsp3) is 0.824. The van der Waals surface area contributed by atoms with E-state index in [1.54, 1.807) is 32.6 Å². The first-order valence-corrected chi connectivity index (χ1v) is 8.55. The van der Waals surface area contributed by atoms with Crippen molar-refractivity contribution < 1.29 is 29.3 Å². The molecule has 0 aromatic heterocycles. The van der Waals surface area contributed by atoms with Gasteiger partial charge in [0.15, 0.2) is 6.04 Å². The minimum atomic E-state index is -1.37. The molecule has 8 nitrogen and oxygen atoms in total. The van der Waals surface area contributed by atoms with Crippen molar-refractivity contribution in [1.82, 2.24) is 9.80 Å². The van der Waals surface area contributed by atoms with Gasteiger partial charge in [-0.2, -0.15) is 0 Å². The van der Waals surface area contributed by atoms with E-state index in [0.29, 0.717) is 12.8 Å². The van der Waals surface area contributed by atoms with E-state index >= 15 is 0 Å². The third-order valence-corrected chi connectivity index (χ3v) is 4.50. The first kappa shape index (κ1) is 21.2. The number of hydrogen-bond donors (Lipinski definition) is 2. The highest BCUT2D eigenvalue weighted by Gasteiger charge is 2.44. The average molecular weight is 358 g/mol. The van der Waals surface area contributed by atoms with E-state index in [4.69, 9.17) is 4.74 Å². The maximum atomic E-state index is 12.6. The molecule has 144 valence electrons. The molecule has 1 aliphatic rings. The molecule has 25 heavy (non-hydrogen) atoms. The number of hydrogen-bond acceptors (Lipinski definition) is 5. The second kappa shape index (κ2) is 8.03. The molecule has 2 N–H and O–H groups in total. The second-order valence-electron chi connectivity index (χ2n) is 7.70. The largest absolute Gasteiger partial charge is 0.480 e. The molecule has 1 rings (SSSR count). The molecule has 1 fully saturated rings. The topological polar surface area (TPSA) is 107 Å². The first-order chi connectivity index (χ1) is 11.4. The summed E-state index contributed by atoms with van der Waals surface area (Å²) in [7, 11) is 0. The van der Waals surface area contributed by atoms with Gasteiger partial charge >= 0.3 is 12.1 Å². The van der Waals surface area contributed by atoms with Gasteiger partial charge in [0.25, 0.3) is 0 Å². The Balaban J connectivity index is 3.07. The van der Waals surface area contributed by atoms with Crippen LogP contribution in [0.4, 0.5) is 4.79 Å². The third kappa shape index (κ3) is 5.07. The molecular weight excluding hydrogens is 328 g/mol. The first-order valence-electron chi connectivity index (χ1n) is 8.55. The van der Waals surface area contributed by atoms with Crippen molar-refractivity contribution >= 4 is 18.5 Å². The molecule has 1 saturated heterocycles. The number of carbonyl (C=O) groups is 3. The van der Waals surface area contributed by atoms with Crippen molar-refractivity contribution in [2.45, 2.75) is 90.3 Å². The zero-order valence-electron chi connectivity index (χ0n) is 15.8. The summed E-state index contributed by atoms with van der Waals surface area (Å²) in [4.78, 5) is 38.2. The van der Waals surface area contributed by atoms with E-state index < -0.39 is 35.9 Å². The molecule has 0 radical (unpaired) electrons. The van der Waals surface area contributed by atoms with Crippen molar-refractivity contribution in [1.29, 1.82) is 0 Å². The molecule has 0 aromatic carbocycles. The van der Waals surface area contributed by atoms with Crippen molar-refractivity contribution in [3.05, 3.63) is 0 Å². The quantitative estimate of drug-likeness (QED) is 0.696. The highest BCUT2D eigenvalue weighted by Crippen LogP contribution is 2.30. The summed E-state index contributed by atoms with van der Waals surface area (Å²) in [5, 5.41) is 19.1. The predicted octanol–water partition coefficient (Wildman–Crippen LogP) is 1.46. The Hall–Kier alpha value is -1.83. The molecule has 0 aliphatic carbocycles. The lowest BCUT2D eigenvalue weighted by Crippen LogP contribution is -2.58. The lowest BCUT2D eigenvalue weighted by atomic mass is 10.0. The Kier molecular flexibility index (Phi) is 6.82. The van der Waals surface area contributed by atoms with Gasteiger partial charge in [0.05, 0.1) is 18.2 Å². The van der Waals surface area contributed by atoms with Crippen LogP contribution in [0, 0.1) is 0 Å². The molecule has 8 heteroatoms. The number of carboxylic acid groups (broad SMARTS) is 1.